The maximum Gasteiger partial charge on any atom is 0.138 e. The van der Waals surface area contributed by atoms with E-state index in [9.17, 15) is 4.39 Å². The van der Waals surface area contributed by atoms with Crippen molar-refractivity contribution in [3.63, 3.8) is 0 Å². The lowest BCUT2D eigenvalue weighted by Gasteiger charge is -2.32. The van der Waals surface area contributed by atoms with Crippen molar-refractivity contribution in [2.24, 2.45) is 0 Å². The van der Waals surface area contributed by atoms with Crippen LogP contribution in [0.4, 0.5) is 4.39 Å². The van der Waals surface area contributed by atoms with Crippen molar-refractivity contribution >= 4 is 0 Å². The molecule has 1 fully saturated rings. The third-order valence-corrected chi connectivity index (χ3v) is 5.43. The lowest BCUT2D eigenvalue weighted by atomic mass is 9.94. The monoisotopic (exact) mass is 378 g/mol. The summed E-state index contributed by atoms with van der Waals surface area (Å²) >= 11 is 0. The van der Waals surface area contributed by atoms with Gasteiger partial charge in [0.05, 0.1) is 0 Å². The van der Waals surface area contributed by atoms with E-state index in [4.69, 9.17) is 4.98 Å². The third kappa shape index (κ3) is 4.14. The van der Waals surface area contributed by atoms with Gasteiger partial charge in [0.1, 0.15) is 17.5 Å². The summed E-state index contributed by atoms with van der Waals surface area (Å²) in [7, 11) is 0. The Bertz CT molecular complexity index is 916. The second-order valence-electron chi connectivity index (χ2n) is 7.93. The van der Waals surface area contributed by atoms with Gasteiger partial charge in [-0.1, -0.05) is 32.0 Å². The first kappa shape index (κ1) is 18.8. The van der Waals surface area contributed by atoms with Crippen LogP contribution >= 0.6 is 0 Å². The highest BCUT2D eigenvalue weighted by molar-refractivity contribution is 5.29. The highest BCUT2D eigenvalue weighted by atomic mass is 19.1. The SMILES string of the molecule is CC(C)c1nccn1-c1cccc(C2CCCN(Cc3ccc(F)cc3)C2)n1. The van der Waals surface area contributed by atoms with Crippen molar-refractivity contribution in [3.8, 4) is 5.82 Å². The van der Waals surface area contributed by atoms with Crippen LogP contribution in [0.2, 0.25) is 0 Å². The van der Waals surface area contributed by atoms with E-state index in [2.05, 4.69) is 46.5 Å². The van der Waals surface area contributed by atoms with Crippen molar-refractivity contribution in [2.75, 3.05) is 13.1 Å². The maximum absolute atomic E-state index is 13.2. The molecule has 0 radical (unpaired) electrons. The Morgan fingerprint density at radius 1 is 1.14 bits per heavy atom. The van der Waals surface area contributed by atoms with Gasteiger partial charge in [-0.2, -0.15) is 0 Å². The first-order chi connectivity index (χ1) is 13.6. The molecule has 0 N–H and O–H groups in total. The number of likely N-dealkylation sites (tertiary alicyclic amines) is 1. The highest BCUT2D eigenvalue weighted by Crippen LogP contribution is 2.27. The van der Waals surface area contributed by atoms with Gasteiger partial charge in [-0.25, -0.2) is 14.4 Å². The zero-order valence-electron chi connectivity index (χ0n) is 16.6. The van der Waals surface area contributed by atoms with Gasteiger partial charge in [0.15, 0.2) is 0 Å². The van der Waals surface area contributed by atoms with Gasteiger partial charge >= 0.3 is 0 Å². The van der Waals surface area contributed by atoms with Crippen molar-refractivity contribution in [3.05, 3.63) is 77.8 Å². The van der Waals surface area contributed by atoms with Crippen LogP contribution in [-0.2, 0) is 6.54 Å². The fourth-order valence-corrected chi connectivity index (χ4v) is 4.03. The molecule has 4 nitrogen and oxygen atoms in total. The van der Waals surface area contributed by atoms with Crippen LogP contribution in [0.25, 0.3) is 5.82 Å². The van der Waals surface area contributed by atoms with Gasteiger partial charge in [-0.05, 0) is 49.2 Å². The van der Waals surface area contributed by atoms with Crippen molar-refractivity contribution < 1.29 is 4.39 Å². The predicted octanol–water partition coefficient (Wildman–Crippen LogP) is 4.91. The Morgan fingerprint density at radius 3 is 2.75 bits per heavy atom. The fourth-order valence-electron chi connectivity index (χ4n) is 4.03. The number of halogens is 1. The number of hydrogen-bond acceptors (Lipinski definition) is 3. The van der Waals surface area contributed by atoms with E-state index in [0.717, 1.165) is 55.4 Å². The number of pyridine rings is 1. The maximum atomic E-state index is 13.2. The average Bonchev–Trinajstić information content (AvgIpc) is 3.20. The first-order valence-corrected chi connectivity index (χ1v) is 10.1. The number of piperidine rings is 1. The molecule has 146 valence electrons. The van der Waals surface area contributed by atoms with Gasteiger partial charge in [-0.3, -0.25) is 9.47 Å². The summed E-state index contributed by atoms with van der Waals surface area (Å²) in [4.78, 5) is 11.9. The Labute approximate surface area is 166 Å². The van der Waals surface area contributed by atoms with Gasteiger partial charge in [0.2, 0.25) is 0 Å². The van der Waals surface area contributed by atoms with Crippen molar-refractivity contribution in [1.82, 2.24) is 19.4 Å². The van der Waals surface area contributed by atoms with Crippen LogP contribution < -0.4 is 0 Å². The molecule has 0 saturated carbocycles. The molecular formula is C23H27FN4. The molecule has 3 heterocycles. The van der Waals surface area contributed by atoms with Gasteiger partial charge in [-0.15, -0.1) is 0 Å². The van der Waals surface area contributed by atoms with E-state index in [0.29, 0.717) is 11.8 Å². The van der Waals surface area contributed by atoms with E-state index in [-0.39, 0.29) is 5.82 Å². The number of imidazole rings is 1. The Hall–Kier alpha value is -2.53. The number of benzene rings is 1. The number of aromatic nitrogens is 3. The first-order valence-electron chi connectivity index (χ1n) is 10.1. The Morgan fingerprint density at radius 2 is 1.96 bits per heavy atom. The molecule has 0 amide bonds. The van der Waals surface area contributed by atoms with Crippen molar-refractivity contribution in [2.45, 2.75) is 45.1 Å². The fraction of sp³-hybridized carbons (Fsp3) is 0.391. The number of hydrogen-bond donors (Lipinski definition) is 0. The van der Waals surface area contributed by atoms with E-state index in [1.165, 1.54) is 0 Å². The minimum atomic E-state index is -0.179. The molecule has 1 aliphatic heterocycles. The quantitative estimate of drug-likeness (QED) is 0.633. The summed E-state index contributed by atoms with van der Waals surface area (Å²) in [5.41, 5.74) is 2.30. The molecule has 2 aromatic heterocycles. The molecule has 1 saturated heterocycles. The molecular weight excluding hydrogens is 351 g/mol. The molecule has 3 aromatic rings. The standard InChI is InChI=1S/C23H27FN4/c1-17(2)23-25-12-14-28(23)22-7-3-6-21(26-22)19-5-4-13-27(16-19)15-18-8-10-20(24)11-9-18/h3,6-12,14,17,19H,4-5,13,15-16H2,1-2H3. The largest absolute Gasteiger partial charge is 0.298 e. The van der Waals surface area contributed by atoms with E-state index in [1.807, 2.05) is 24.5 Å². The number of nitrogens with zero attached hydrogens (tertiary/aromatic N) is 4. The van der Waals surface area contributed by atoms with E-state index >= 15 is 0 Å². The zero-order chi connectivity index (χ0) is 19.5. The third-order valence-electron chi connectivity index (χ3n) is 5.43. The molecule has 1 atom stereocenters. The minimum absolute atomic E-state index is 0.179. The summed E-state index contributed by atoms with van der Waals surface area (Å²) in [5.74, 6) is 2.56. The summed E-state index contributed by atoms with van der Waals surface area (Å²) in [5, 5.41) is 0. The van der Waals surface area contributed by atoms with Crippen LogP contribution in [0.1, 0.15) is 55.6 Å². The smallest absolute Gasteiger partial charge is 0.138 e. The molecule has 1 aromatic carbocycles. The van der Waals surface area contributed by atoms with Crippen LogP contribution in [-0.4, -0.2) is 32.5 Å². The summed E-state index contributed by atoms with van der Waals surface area (Å²) < 4.78 is 15.2. The molecule has 0 bridgehead atoms. The molecule has 0 spiro atoms. The molecule has 1 unspecified atom stereocenters. The minimum Gasteiger partial charge on any atom is -0.298 e. The van der Waals surface area contributed by atoms with Gasteiger partial charge in [0, 0.05) is 43.0 Å². The molecule has 28 heavy (non-hydrogen) atoms. The molecule has 0 aliphatic carbocycles. The van der Waals surface area contributed by atoms with Gasteiger partial charge < -0.3 is 0 Å². The van der Waals surface area contributed by atoms with E-state index < -0.39 is 0 Å². The lowest BCUT2D eigenvalue weighted by Crippen LogP contribution is -2.34. The molecule has 5 heteroatoms. The van der Waals surface area contributed by atoms with Crippen LogP contribution in [0, 0.1) is 5.82 Å². The second-order valence-corrected chi connectivity index (χ2v) is 7.93. The zero-order valence-corrected chi connectivity index (χ0v) is 16.6. The van der Waals surface area contributed by atoms with Crippen LogP contribution in [0.3, 0.4) is 0 Å². The normalized spacial score (nSPS) is 17.9. The lowest BCUT2D eigenvalue weighted by molar-refractivity contribution is 0.198. The molecule has 4 rings (SSSR count). The Kier molecular flexibility index (Phi) is 5.53. The predicted molar refractivity (Wildman–Crippen MR) is 109 cm³/mol. The topological polar surface area (TPSA) is 34.0 Å². The van der Waals surface area contributed by atoms with Crippen LogP contribution in [0.15, 0.2) is 54.9 Å². The average molecular weight is 378 g/mol. The number of rotatable bonds is 5. The summed E-state index contributed by atoms with van der Waals surface area (Å²) in [6, 6.07) is 13.1. The summed E-state index contributed by atoms with van der Waals surface area (Å²) in [6.07, 6.45) is 6.13. The van der Waals surface area contributed by atoms with E-state index in [1.54, 1.807) is 12.1 Å². The summed E-state index contributed by atoms with van der Waals surface area (Å²) in [6.45, 7) is 7.21. The van der Waals surface area contributed by atoms with Gasteiger partial charge in [0.25, 0.3) is 0 Å². The van der Waals surface area contributed by atoms with Crippen LogP contribution in [0.5, 0.6) is 0 Å². The Balaban J connectivity index is 1.51. The highest BCUT2D eigenvalue weighted by Gasteiger charge is 2.23. The second kappa shape index (κ2) is 8.23. The van der Waals surface area contributed by atoms with Crippen molar-refractivity contribution in [1.29, 1.82) is 0 Å². The molecule has 1 aliphatic rings.